The number of nitrogens with zero attached hydrogens (tertiary/aromatic N) is 4. The molecule has 1 saturated heterocycles. The Morgan fingerprint density at radius 2 is 1.83 bits per heavy atom. The van der Waals surface area contributed by atoms with Crippen LogP contribution in [0.3, 0.4) is 0 Å². The number of rotatable bonds is 7. The Morgan fingerprint density at radius 1 is 1.06 bits per heavy atom. The van der Waals surface area contributed by atoms with E-state index in [1.807, 2.05) is 28.4 Å². The van der Waals surface area contributed by atoms with Gasteiger partial charge in [-0.2, -0.15) is 0 Å². The summed E-state index contributed by atoms with van der Waals surface area (Å²) in [6.45, 7) is 6.54. The van der Waals surface area contributed by atoms with Gasteiger partial charge in [-0.05, 0) is 61.4 Å². The molecule has 1 aliphatic heterocycles. The number of amides is 1. The van der Waals surface area contributed by atoms with Crippen molar-refractivity contribution in [1.82, 2.24) is 14.9 Å². The van der Waals surface area contributed by atoms with Gasteiger partial charge >= 0.3 is 0 Å². The van der Waals surface area contributed by atoms with Crippen LogP contribution in [0.1, 0.15) is 34.7 Å². The fraction of sp³-hybridized carbons (Fsp3) is 0.444. The van der Waals surface area contributed by atoms with Crippen molar-refractivity contribution in [2.45, 2.75) is 38.5 Å². The van der Waals surface area contributed by atoms with Gasteiger partial charge < -0.3 is 19.3 Å². The van der Waals surface area contributed by atoms with E-state index in [9.17, 15) is 4.79 Å². The first kappa shape index (κ1) is 23.6. The number of aromatic nitrogens is 2. The number of fused-ring (bicyclic) bond motifs is 3. The van der Waals surface area contributed by atoms with Gasteiger partial charge in [0.15, 0.2) is 11.5 Å². The monoisotopic (exact) mass is 492 g/mol. The molecule has 7 nitrogen and oxygen atoms in total. The normalized spacial score (nSPS) is 15.7. The summed E-state index contributed by atoms with van der Waals surface area (Å²) in [5, 5.41) is 1.24. The molecule has 0 saturated carbocycles. The highest BCUT2D eigenvalue weighted by Gasteiger charge is 2.27. The second-order valence-electron chi connectivity index (χ2n) is 9.06. The summed E-state index contributed by atoms with van der Waals surface area (Å²) in [6.07, 6.45) is 7.68. The van der Waals surface area contributed by atoms with Crippen molar-refractivity contribution in [2.75, 3.05) is 45.3 Å². The van der Waals surface area contributed by atoms with E-state index < -0.39 is 0 Å². The van der Waals surface area contributed by atoms with Gasteiger partial charge in [0.1, 0.15) is 16.5 Å². The van der Waals surface area contributed by atoms with Gasteiger partial charge in [0.25, 0.3) is 0 Å². The fourth-order valence-electron chi connectivity index (χ4n) is 5.08. The predicted molar refractivity (Wildman–Crippen MR) is 140 cm³/mol. The highest BCUT2D eigenvalue weighted by atomic mass is 32.1. The summed E-state index contributed by atoms with van der Waals surface area (Å²) in [5.74, 6) is 3.38. The number of thiophene rings is 1. The third-order valence-corrected chi connectivity index (χ3v) is 8.18. The Hall–Kier alpha value is -3.13. The first-order valence-electron chi connectivity index (χ1n) is 12.3. The molecule has 3 aromatic rings. The number of ether oxygens (including phenoxy) is 2. The van der Waals surface area contributed by atoms with E-state index in [0.717, 1.165) is 72.3 Å². The largest absolute Gasteiger partial charge is 0.493 e. The van der Waals surface area contributed by atoms with Crippen molar-refractivity contribution in [3.8, 4) is 11.5 Å². The van der Waals surface area contributed by atoms with Gasteiger partial charge in [-0.1, -0.05) is 12.6 Å². The molecule has 0 radical (unpaired) electrons. The maximum atomic E-state index is 12.1. The first-order chi connectivity index (χ1) is 17.1. The Morgan fingerprint density at radius 3 is 2.57 bits per heavy atom. The number of carbonyl (C=O) groups excluding carboxylic acids is 1. The molecule has 0 bridgehead atoms. The van der Waals surface area contributed by atoms with E-state index >= 15 is 0 Å². The molecule has 35 heavy (non-hydrogen) atoms. The van der Waals surface area contributed by atoms with Crippen LogP contribution >= 0.6 is 11.3 Å². The molecule has 0 N–H and O–H groups in total. The van der Waals surface area contributed by atoms with Crippen molar-refractivity contribution >= 4 is 33.3 Å². The van der Waals surface area contributed by atoms with E-state index in [4.69, 9.17) is 19.4 Å². The Kier molecular flexibility index (Phi) is 6.90. The lowest BCUT2D eigenvalue weighted by atomic mass is 9.96. The van der Waals surface area contributed by atoms with Crippen LogP contribution in [0.15, 0.2) is 30.9 Å². The molecule has 184 valence electrons. The lowest BCUT2D eigenvalue weighted by molar-refractivity contribution is -0.126. The number of carbonyl (C=O) groups is 1. The molecule has 3 heterocycles. The van der Waals surface area contributed by atoms with Crippen LogP contribution in [0.4, 0.5) is 5.82 Å². The number of piperazine rings is 1. The minimum Gasteiger partial charge on any atom is -0.493 e. The van der Waals surface area contributed by atoms with Crippen LogP contribution in [0, 0.1) is 0 Å². The molecule has 2 aromatic heterocycles. The molecular weight excluding hydrogens is 460 g/mol. The molecule has 0 spiro atoms. The maximum Gasteiger partial charge on any atom is 0.246 e. The summed E-state index contributed by atoms with van der Waals surface area (Å²) >= 11 is 1.84. The van der Waals surface area contributed by atoms with Crippen LogP contribution in [0.5, 0.6) is 11.5 Å². The molecule has 0 unspecified atom stereocenters. The zero-order chi connectivity index (χ0) is 24.4. The van der Waals surface area contributed by atoms with Gasteiger partial charge in [-0.3, -0.25) is 4.79 Å². The maximum absolute atomic E-state index is 12.1. The van der Waals surface area contributed by atoms with Crippen molar-refractivity contribution in [3.63, 3.8) is 0 Å². The number of methoxy groups -OCH3 is 2. The number of hydrogen-bond acceptors (Lipinski definition) is 7. The van der Waals surface area contributed by atoms with E-state index in [1.54, 1.807) is 14.2 Å². The first-order valence-corrected chi connectivity index (χ1v) is 13.1. The van der Waals surface area contributed by atoms with Crippen molar-refractivity contribution in [1.29, 1.82) is 0 Å². The smallest absolute Gasteiger partial charge is 0.246 e. The number of aryl methyl sites for hydroxylation is 4. The third-order valence-electron chi connectivity index (χ3n) is 6.99. The molecular formula is C27H32N4O3S. The molecule has 0 atom stereocenters. The minimum atomic E-state index is 0.000931. The summed E-state index contributed by atoms with van der Waals surface area (Å²) < 4.78 is 10.8. The van der Waals surface area contributed by atoms with Crippen LogP contribution in [-0.4, -0.2) is 61.2 Å². The van der Waals surface area contributed by atoms with Gasteiger partial charge in [-0.15, -0.1) is 11.3 Å². The van der Waals surface area contributed by atoms with Crippen LogP contribution in [0.25, 0.3) is 10.2 Å². The summed E-state index contributed by atoms with van der Waals surface area (Å²) in [6, 6.07) is 6.04. The second kappa shape index (κ2) is 10.2. The zero-order valence-electron chi connectivity index (χ0n) is 20.5. The van der Waals surface area contributed by atoms with Crippen molar-refractivity contribution < 1.29 is 14.3 Å². The molecule has 5 rings (SSSR count). The van der Waals surface area contributed by atoms with Gasteiger partial charge in [0.05, 0.1) is 19.6 Å². The topological polar surface area (TPSA) is 67.8 Å². The van der Waals surface area contributed by atoms with Crippen LogP contribution < -0.4 is 14.4 Å². The number of anilines is 1. The van der Waals surface area contributed by atoms with Crippen molar-refractivity contribution in [3.05, 3.63) is 52.7 Å². The Labute approximate surface area is 210 Å². The number of hydrogen-bond donors (Lipinski definition) is 0. The molecule has 8 heteroatoms. The van der Waals surface area contributed by atoms with E-state index in [0.29, 0.717) is 13.1 Å². The third kappa shape index (κ3) is 4.72. The summed E-state index contributed by atoms with van der Waals surface area (Å²) in [4.78, 5) is 29.0. The Balaban J connectivity index is 1.44. The molecule has 1 fully saturated rings. The summed E-state index contributed by atoms with van der Waals surface area (Å²) in [5.41, 5.74) is 2.61. The van der Waals surface area contributed by atoms with E-state index in [2.05, 4.69) is 17.5 Å². The summed E-state index contributed by atoms with van der Waals surface area (Å²) in [7, 11) is 3.31. The van der Waals surface area contributed by atoms with E-state index in [-0.39, 0.29) is 5.91 Å². The van der Waals surface area contributed by atoms with E-state index in [1.165, 1.54) is 34.7 Å². The van der Waals surface area contributed by atoms with Gasteiger partial charge in [0, 0.05) is 37.5 Å². The number of benzene rings is 1. The average Bonchev–Trinajstić information content (AvgIpc) is 3.29. The molecule has 2 aliphatic rings. The minimum absolute atomic E-state index is 0.000931. The fourth-order valence-corrected chi connectivity index (χ4v) is 6.36. The van der Waals surface area contributed by atoms with Gasteiger partial charge in [-0.25, -0.2) is 9.97 Å². The van der Waals surface area contributed by atoms with Crippen molar-refractivity contribution in [2.24, 2.45) is 0 Å². The van der Waals surface area contributed by atoms with Gasteiger partial charge in [0.2, 0.25) is 5.91 Å². The second-order valence-corrected chi connectivity index (χ2v) is 10.1. The molecule has 1 amide bonds. The van der Waals surface area contributed by atoms with Crippen LogP contribution in [0.2, 0.25) is 0 Å². The average molecular weight is 493 g/mol. The Bertz CT molecular complexity index is 1250. The SMILES string of the molecule is C=CC(=O)N1CCN(c2nc(CCc3ccc(OC)c(OC)c3)nc3sc4c(c23)CCCC4)CC1. The standard InChI is InChI=1S/C27H32N4O3S/c1-4-24(32)30-13-15-31(16-14-30)26-25-19-7-5-6-8-22(19)35-27(25)29-23(28-26)12-10-18-9-11-20(33-2)21(17-18)34-3/h4,9,11,17H,1,5-8,10,12-16H2,2-3H3. The molecule has 1 aromatic carbocycles. The quantitative estimate of drug-likeness (QED) is 0.461. The zero-order valence-corrected chi connectivity index (χ0v) is 21.3. The van der Waals surface area contributed by atoms with Crippen LogP contribution in [-0.2, 0) is 30.5 Å². The highest BCUT2D eigenvalue weighted by Crippen LogP contribution is 2.40. The lowest BCUT2D eigenvalue weighted by Crippen LogP contribution is -2.48. The molecule has 1 aliphatic carbocycles. The predicted octanol–water partition coefficient (Wildman–Crippen LogP) is 4.21. The lowest BCUT2D eigenvalue weighted by Gasteiger charge is -2.35. The highest BCUT2D eigenvalue weighted by molar-refractivity contribution is 7.19.